The molecule has 0 bridgehead atoms. The molecule has 0 spiro atoms. The molecule has 4 heteroatoms. The Bertz CT molecular complexity index is 620. The van der Waals surface area contributed by atoms with Crippen molar-refractivity contribution < 1.29 is 14.3 Å². The first-order chi connectivity index (χ1) is 10.1. The van der Waals surface area contributed by atoms with E-state index in [0.29, 0.717) is 11.3 Å². The quantitative estimate of drug-likeness (QED) is 0.625. The monoisotopic (exact) mass is 300 g/mol. The van der Waals surface area contributed by atoms with Crippen molar-refractivity contribution in [2.24, 2.45) is 0 Å². The number of ether oxygens (including phenoxy) is 1. The highest BCUT2D eigenvalue weighted by Crippen LogP contribution is 2.31. The molecule has 1 unspecified atom stereocenters. The van der Waals surface area contributed by atoms with Gasteiger partial charge >= 0.3 is 5.97 Å². The second-order valence-corrected chi connectivity index (χ2v) is 5.89. The minimum atomic E-state index is -0.343. The fraction of sp³-hybridized carbons (Fsp3) is 0.176. The van der Waals surface area contributed by atoms with Crippen molar-refractivity contribution in [1.82, 2.24) is 0 Å². The maximum absolute atomic E-state index is 12.1. The standard InChI is InChI=1S/C17H16O3S/c1-12(21-17(19)15-6-4-3-5-7-15)14-8-10-16(11-9-14)20-13(2)18/h3-12H,1-2H3. The Kier molecular flexibility index (Phi) is 5.17. The molecule has 0 heterocycles. The maximum Gasteiger partial charge on any atom is 0.308 e. The van der Waals surface area contributed by atoms with Crippen LogP contribution < -0.4 is 4.74 Å². The Morgan fingerprint density at radius 2 is 1.62 bits per heavy atom. The molecule has 0 aromatic heterocycles. The smallest absolute Gasteiger partial charge is 0.308 e. The van der Waals surface area contributed by atoms with E-state index in [1.54, 1.807) is 12.1 Å². The van der Waals surface area contributed by atoms with Crippen molar-refractivity contribution in [2.75, 3.05) is 0 Å². The third-order valence-electron chi connectivity index (χ3n) is 2.90. The van der Waals surface area contributed by atoms with Crippen LogP contribution in [0.15, 0.2) is 54.6 Å². The number of hydrogen-bond donors (Lipinski definition) is 0. The van der Waals surface area contributed by atoms with Gasteiger partial charge in [-0.2, -0.15) is 0 Å². The number of carbonyl (C=O) groups is 2. The second kappa shape index (κ2) is 7.09. The van der Waals surface area contributed by atoms with E-state index in [0.717, 1.165) is 5.56 Å². The van der Waals surface area contributed by atoms with Gasteiger partial charge in [-0.1, -0.05) is 54.2 Å². The van der Waals surface area contributed by atoms with Crippen LogP contribution in [0.2, 0.25) is 0 Å². The number of rotatable bonds is 4. The first-order valence-electron chi connectivity index (χ1n) is 6.60. The molecule has 2 rings (SSSR count). The van der Waals surface area contributed by atoms with Crippen LogP contribution in [0.3, 0.4) is 0 Å². The summed E-state index contributed by atoms with van der Waals surface area (Å²) in [5.41, 5.74) is 1.71. The lowest BCUT2D eigenvalue weighted by atomic mass is 10.1. The van der Waals surface area contributed by atoms with Gasteiger partial charge in [0.1, 0.15) is 5.75 Å². The van der Waals surface area contributed by atoms with E-state index in [-0.39, 0.29) is 16.3 Å². The van der Waals surface area contributed by atoms with Crippen molar-refractivity contribution >= 4 is 22.8 Å². The molecule has 2 aromatic rings. The van der Waals surface area contributed by atoms with Gasteiger partial charge in [0, 0.05) is 17.7 Å². The van der Waals surface area contributed by atoms with Gasteiger partial charge in [-0.3, -0.25) is 9.59 Å². The number of thioether (sulfide) groups is 1. The predicted octanol–water partition coefficient (Wildman–Crippen LogP) is 4.25. The third kappa shape index (κ3) is 4.46. The fourth-order valence-electron chi connectivity index (χ4n) is 1.84. The highest BCUT2D eigenvalue weighted by atomic mass is 32.2. The molecule has 0 aliphatic heterocycles. The van der Waals surface area contributed by atoms with Gasteiger partial charge in [0.15, 0.2) is 0 Å². The van der Waals surface area contributed by atoms with Gasteiger partial charge in [0.25, 0.3) is 0 Å². The average molecular weight is 300 g/mol. The van der Waals surface area contributed by atoms with Crippen LogP contribution >= 0.6 is 11.8 Å². The lowest BCUT2D eigenvalue weighted by Crippen LogP contribution is -2.01. The zero-order valence-corrected chi connectivity index (χ0v) is 12.7. The van der Waals surface area contributed by atoms with Gasteiger partial charge in [-0.25, -0.2) is 0 Å². The highest BCUT2D eigenvalue weighted by Gasteiger charge is 2.13. The molecule has 0 amide bonds. The molecule has 0 saturated carbocycles. The zero-order chi connectivity index (χ0) is 15.2. The molecule has 2 aromatic carbocycles. The molecular weight excluding hydrogens is 284 g/mol. The van der Waals surface area contributed by atoms with Gasteiger partial charge in [-0.05, 0) is 24.6 Å². The topological polar surface area (TPSA) is 43.4 Å². The van der Waals surface area contributed by atoms with Crippen molar-refractivity contribution in [2.45, 2.75) is 19.1 Å². The number of carbonyl (C=O) groups excluding carboxylic acids is 2. The Labute approximate surface area is 128 Å². The number of esters is 1. The fourth-order valence-corrected chi connectivity index (χ4v) is 2.73. The van der Waals surface area contributed by atoms with E-state index >= 15 is 0 Å². The summed E-state index contributed by atoms with van der Waals surface area (Å²) < 4.78 is 4.99. The van der Waals surface area contributed by atoms with E-state index in [9.17, 15) is 9.59 Å². The summed E-state index contributed by atoms with van der Waals surface area (Å²) >= 11 is 1.28. The average Bonchev–Trinajstić information content (AvgIpc) is 2.48. The summed E-state index contributed by atoms with van der Waals surface area (Å²) in [6, 6.07) is 16.4. The molecule has 0 aliphatic rings. The van der Waals surface area contributed by atoms with Crippen LogP contribution in [0.4, 0.5) is 0 Å². The Morgan fingerprint density at radius 3 is 2.19 bits per heavy atom. The molecular formula is C17H16O3S. The van der Waals surface area contributed by atoms with Crippen LogP contribution in [-0.4, -0.2) is 11.1 Å². The minimum absolute atomic E-state index is 0.0316. The summed E-state index contributed by atoms with van der Waals surface area (Å²) in [6.07, 6.45) is 0. The summed E-state index contributed by atoms with van der Waals surface area (Å²) in [6.45, 7) is 3.34. The first kappa shape index (κ1) is 15.3. The highest BCUT2D eigenvalue weighted by molar-refractivity contribution is 8.14. The van der Waals surface area contributed by atoms with Gasteiger partial charge in [-0.15, -0.1) is 0 Å². The van der Waals surface area contributed by atoms with E-state index < -0.39 is 0 Å². The van der Waals surface area contributed by atoms with E-state index in [2.05, 4.69) is 0 Å². The van der Waals surface area contributed by atoms with Crippen molar-refractivity contribution in [3.63, 3.8) is 0 Å². The van der Waals surface area contributed by atoms with Crippen molar-refractivity contribution in [3.8, 4) is 5.75 Å². The van der Waals surface area contributed by atoms with Crippen LogP contribution in [0.1, 0.15) is 35.0 Å². The van der Waals surface area contributed by atoms with Crippen LogP contribution in [0.25, 0.3) is 0 Å². The number of benzene rings is 2. The second-order valence-electron chi connectivity index (χ2n) is 4.58. The molecule has 0 N–H and O–H groups in total. The summed E-state index contributed by atoms with van der Waals surface area (Å²) in [5.74, 6) is 0.169. The third-order valence-corrected chi connectivity index (χ3v) is 3.98. The summed E-state index contributed by atoms with van der Waals surface area (Å²) in [4.78, 5) is 23.0. The number of hydrogen-bond acceptors (Lipinski definition) is 4. The molecule has 1 atom stereocenters. The molecule has 108 valence electrons. The van der Waals surface area contributed by atoms with E-state index in [4.69, 9.17) is 4.74 Å². The Hall–Kier alpha value is -2.07. The van der Waals surface area contributed by atoms with Crippen molar-refractivity contribution in [1.29, 1.82) is 0 Å². The SMILES string of the molecule is CC(=O)Oc1ccc(C(C)SC(=O)c2ccccc2)cc1. The lowest BCUT2D eigenvalue weighted by molar-refractivity contribution is -0.131. The molecule has 0 fully saturated rings. The predicted molar refractivity (Wildman–Crippen MR) is 84.5 cm³/mol. The zero-order valence-electron chi connectivity index (χ0n) is 11.9. The van der Waals surface area contributed by atoms with Gasteiger partial charge in [0.05, 0.1) is 0 Å². The molecule has 0 saturated heterocycles. The molecule has 0 radical (unpaired) electrons. The molecule has 0 aliphatic carbocycles. The van der Waals surface area contributed by atoms with Crippen LogP contribution in [-0.2, 0) is 4.79 Å². The first-order valence-corrected chi connectivity index (χ1v) is 7.48. The largest absolute Gasteiger partial charge is 0.427 e. The Morgan fingerprint density at radius 1 is 1.00 bits per heavy atom. The van der Waals surface area contributed by atoms with Gasteiger partial charge < -0.3 is 4.74 Å². The molecule has 3 nitrogen and oxygen atoms in total. The Balaban J connectivity index is 2.01. The van der Waals surface area contributed by atoms with Crippen molar-refractivity contribution in [3.05, 3.63) is 65.7 Å². The lowest BCUT2D eigenvalue weighted by Gasteiger charge is -2.11. The van der Waals surface area contributed by atoms with Gasteiger partial charge in [0.2, 0.25) is 5.12 Å². The summed E-state index contributed by atoms with van der Waals surface area (Å²) in [5, 5.41) is 0.0799. The normalized spacial score (nSPS) is 11.7. The summed E-state index contributed by atoms with van der Waals surface area (Å²) in [7, 11) is 0. The molecule has 21 heavy (non-hydrogen) atoms. The van der Waals surface area contributed by atoms with E-state index in [1.807, 2.05) is 49.4 Å². The van der Waals surface area contributed by atoms with E-state index in [1.165, 1.54) is 18.7 Å². The van der Waals surface area contributed by atoms with Crippen LogP contribution in [0, 0.1) is 0 Å². The maximum atomic E-state index is 12.1. The van der Waals surface area contributed by atoms with Crippen LogP contribution in [0.5, 0.6) is 5.75 Å². The minimum Gasteiger partial charge on any atom is -0.427 e.